The fourth-order valence-corrected chi connectivity index (χ4v) is 3.51. The van der Waals surface area contributed by atoms with Crippen LogP contribution in [-0.2, 0) is 4.79 Å². The zero-order chi connectivity index (χ0) is 21.7. The van der Waals surface area contributed by atoms with Crippen LogP contribution in [0.15, 0.2) is 48.5 Å². The van der Waals surface area contributed by atoms with Crippen molar-refractivity contribution in [1.82, 2.24) is 10.2 Å². The topological polar surface area (TPSA) is 58.6 Å². The van der Waals surface area contributed by atoms with Crippen LogP contribution in [-0.4, -0.2) is 41.9 Å². The highest BCUT2D eigenvalue weighted by Gasteiger charge is 2.26. The van der Waals surface area contributed by atoms with Crippen molar-refractivity contribution in [3.8, 4) is 5.75 Å². The number of carbonyl (C=O) groups is 2. The van der Waals surface area contributed by atoms with Gasteiger partial charge in [-0.2, -0.15) is 0 Å². The Bertz CT molecular complexity index is 857. The average molecular weight is 413 g/mol. The minimum absolute atomic E-state index is 0.00383. The molecule has 0 spiro atoms. The number of hydrogen-bond acceptors (Lipinski definition) is 3. The molecular weight excluding hydrogens is 383 g/mol. The Balaban J connectivity index is 1.46. The smallest absolute Gasteiger partial charge is 0.260 e. The number of rotatable bonds is 6. The maximum atomic E-state index is 13.0. The molecule has 1 aliphatic rings. The predicted octanol–water partition coefficient (Wildman–Crippen LogP) is 4.14. The van der Waals surface area contributed by atoms with E-state index < -0.39 is 6.10 Å². The average Bonchev–Trinajstić information content (AvgIpc) is 2.74. The van der Waals surface area contributed by atoms with Crippen molar-refractivity contribution in [3.05, 3.63) is 65.5 Å². The lowest BCUT2D eigenvalue weighted by Crippen LogP contribution is -2.49. The second-order valence-electron chi connectivity index (χ2n) is 8.07. The van der Waals surface area contributed by atoms with Gasteiger partial charge >= 0.3 is 0 Å². The Hall–Kier alpha value is -2.89. The van der Waals surface area contributed by atoms with E-state index in [0.29, 0.717) is 43.2 Å². The van der Waals surface area contributed by atoms with Gasteiger partial charge in [0.15, 0.2) is 6.10 Å². The molecule has 5 nitrogen and oxygen atoms in total. The van der Waals surface area contributed by atoms with Gasteiger partial charge in [0.25, 0.3) is 11.8 Å². The van der Waals surface area contributed by atoms with Gasteiger partial charge in [0, 0.05) is 24.7 Å². The molecule has 2 amide bonds. The molecule has 1 fully saturated rings. The van der Waals surface area contributed by atoms with Gasteiger partial charge in [-0.1, -0.05) is 26.0 Å². The predicted molar refractivity (Wildman–Crippen MR) is 114 cm³/mol. The van der Waals surface area contributed by atoms with Gasteiger partial charge in [0.2, 0.25) is 0 Å². The third-order valence-electron chi connectivity index (χ3n) is 5.45. The molecule has 3 rings (SSSR count). The third-order valence-corrected chi connectivity index (χ3v) is 5.45. The fourth-order valence-electron chi connectivity index (χ4n) is 3.51. The van der Waals surface area contributed by atoms with Gasteiger partial charge in [0.05, 0.1) is 0 Å². The maximum Gasteiger partial charge on any atom is 0.260 e. The quantitative estimate of drug-likeness (QED) is 0.776. The SMILES string of the molecule is CC(Oc1ccc(C(C)C)cc1)C(=O)NC1CCN(C(=O)c2ccc(F)cc2)CC1. The van der Waals surface area contributed by atoms with E-state index in [1.54, 1.807) is 11.8 Å². The van der Waals surface area contributed by atoms with Crippen LogP contribution in [0.3, 0.4) is 0 Å². The first-order valence-electron chi connectivity index (χ1n) is 10.5. The molecule has 0 bridgehead atoms. The minimum Gasteiger partial charge on any atom is -0.481 e. The molecule has 2 aromatic rings. The second kappa shape index (κ2) is 9.74. The molecule has 0 aromatic heterocycles. The number of nitrogens with zero attached hydrogens (tertiary/aromatic N) is 1. The number of likely N-dealkylation sites (tertiary alicyclic amines) is 1. The van der Waals surface area contributed by atoms with Crippen LogP contribution in [0, 0.1) is 5.82 Å². The van der Waals surface area contributed by atoms with Crippen molar-refractivity contribution in [2.75, 3.05) is 13.1 Å². The molecule has 1 aliphatic heterocycles. The van der Waals surface area contributed by atoms with E-state index in [-0.39, 0.29) is 23.7 Å². The first-order valence-corrected chi connectivity index (χ1v) is 10.5. The zero-order valence-electron chi connectivity index (χ0n) is 17.7. The molecule has 0 saturated carbocycles. The van der Waals surface area contributed by atoms with Gasteiger partial charge in [-0.3, -0.25) is 9.59 Å². The number of amides is 2. The highest BCUT2D eigenvalue weighted by Crippen LogP contribution is 2.20. The van der Waals surface area contributed by atoms with Crippen LogP contribution in [0.25, 0.3) is 0 Å². The van der Waals surface area contributed by atoms with Crippen molar-refractivity contribution in [1.29, 1.82) is 0 Å². The Labute approximate surface area is 177 Å². The number of halogens is 1. The third kappa shape index (κ3) is 5.59. The van der Waals surface area contributed by atoms with Crippen molar-refractivity contribution in [2.24, 2.45) is 0 Å². The first kappa shape index (κ1) is 21.8. The van der Waals surface area contributed by atoms with Crippen molar-refractivity contribution >= 4 is 11.8 Å². The summed E-state index contributed by atoms with van der Waals surface area (Å²) in [5, 5.41) is 3.02. The second-order valence-corrected chi connectivity index (χ2v) is 8.07. The van der Waals surface area contributed by atoms with Crippen LogP contribution < -0.4 is 10.1 Å². The first-order chi connectivity index (χ1) is 14.3. The number of ether oxygens (including phenoxy) is 1. The summed E-state index contributed by atoms with van der Waals surface area (Å²) in [6.07, 6.45) is 0.747. The van der Waals surface area contributed by atoms with Crippen molar-refractivity contribution in [3.63, 3.8) is 0 Å². The monoisotopic (exact) mass is 412 g/mol. The number of nitrogens with one attached hydrogen (secondary N) is 1. The lowest BCUT2D eigenvalue weighted by molar-refractivity contribution is -0.128. The fraction of sp³-hybridized carbons (Fsp3) is 0.417. The van der Waals surface area contributed by atoms with Crippen molar-refractivity contribution in [2.45, 2.75) is 51.7 Å². The summed E-state index contributed by atoms with van der Waals surface area (Å²) in [5.74, 6) is 0.482. The molecule has 0 radical (unpaired) electrons. The van der Waals surface area contributed by atoms with Crippen LogP contribution in [0.4, 0.5) is 4.39 Å². The molecule has 1 unspecified atom stereocenters. The van der Waals surface area contributed by atoms with E-state index in [4.69, 9.17) is 4.74 Å². The summed E-state index contributed by atoms with van der Waals surface area (Å²) in [7, 11) is 0. The summed E-state index contributed by atoms with van der Waals surface area (Å²) in [6, 6.07) is 13.4. The van der Waals surface area contributed by atoms with Crippen LogP contribution in [0.1, 0.15) is 55.5 Å². The molecule has 2 aromatic carbocycles. The molecule has 6 heteroatoms. The molecule has 1 N–H and O–H groups in total. The molecule has 160 valence electrons. The number of carbonyl (C=O) groups excluding carboxylic acids is 2. The van der Waals surface area contributed by atoms with E-state index in [1.165, 1.54) is 29.8 Å². The Morgan fingerprint density at radius 3 is 2.17 bits per heavy atom. The molecular formula is C24H29FN2O3. The van der Waals surface area contributed by atoms with Gasteiger partial charge < -0.3 is 15.0 Å². The van der Waals surface area contributed by atoms with Crippen molar-refractivity contribution < 1.29 is 18.7 Å². The van der Waals surface area contributed by atoms with E-state index in [9.17, 15) is 14.0 Å². The lowest BCUT2D eigenvalue weighted by atomic mass is 10.0. The molecule has 1 saturated heterocycles. The molecule has 30 heavy (non-hydrogen) atoms. The summed E-state index contributed by atoms with van der Waals surface area (Å²) in [6.45, 7) is 7.09. The van der Waals surface area contributed by atoms with E-state index in [2.05, 4.69) is 19.2 Å². The zero-order valence-corrected chi connectivity index (χ0v) is 17.7. The normalized spacial score (nSPS) is 15.7. The van der Waals surface area contributed by atoms with Gasteiger partial charge in [0.1, 0.15) is 11.6 Å². The number of hydrogen-bond donors (Lipinski definition) is 1. The summed E-state index contributed by atoms with van der Waals surface area (Å²) in [4.78, 5) is 26.8. The van der Waals surface area contributed by atoms with Gasteiger partial charge in [-0.25, -0.2) is 4.39 Å². The van der Waals surface area contributed by atoms with Crippen LogP contribution in [0.2, 0.25) is 0 Å². The van der Waals surface area contributed by atoms with Gasteiger partial charge in [-0.05, 0) is 67.6 Å². The highest BCUT2D eigenvalue weighted by atomic mass is 19.1. The van der Waals surface area contributed by atoms with E-state index in [0.717, 1.165) is 0 Å². The number of benzene rings is 2. The van der Waals surface area contributed by atoms with Crippen LogP contribution >= 0.6 is 0 Å². The van der Waals surface area contributed by atoms with E-state index in [1.807, 2.05) is 24.3 Å². The minimum atomic E-state index is -0.603. The summed E-state index contributed by atoms with van der Waals surface area (Å²) >= 11 is 0. The Morgan fingerprint density at radius 1 is 1.00 bits per heavy atom. The highest BCUT2D eigenvalue weighted by molar-refractivity contribution is 5.94. The lowest BCUT2D eigenvalue weighted by Gasteiger charge is -2.33. The Kier molecular flexibility index (Phi) is 7.08. The van der Waals surface area contributed by atoms with Gasteiger partial charge in [-0.15, -0.1) is 0 Å². The summed E-state index contributed by atoms with van der Waals surface area (Å²) < 4.78 is 18.8. The standard InChI is InChI=1S/C24H29FN2O3/c1-16(2)18-6-10-22(11-7-18)30-17(3)23(28)26-21-12-14-27(15-13-21)24(29)19-4-8-20(25)9-5-19/h4-11,16-17,21H,12-15H2,1-3H3,(H,26,28). The Morgan fingerprint density at radius 2 is 1.60 bits per heavy atom. The largest absolute Gasteiger partial charge is 0.481 e. The van der Waals surface area contributed by atoms with Crippen LogP contribution in [0.5, 0.6) is 5.75 Å². The molecule has 0 aliphatic carbocycles. The number of piperidine rings is 1. The van der Waals surface area contributed by atoms with E-state index >= 15 is 0 Å². The summed E-state index contributed by atoms with van der Waals surface area (Å²) in [5.41, 5.74) is 1.70. The molecule has 1 atom stereocenters. The maximum absolute atomic E-state index is 13.0. The molecule has 1 heterocycles.